The Morgan fingerprint density at radius 1 is 1.03 bits per heavy atom. The number of benzene rings is 1. The Morgan fingerprint density at radius 3 is 2.59 bits per heavy atom. The van der Waals surface area contributed by atoms with Crippen molar-refractivity contribution < 1.29 is 4.39 Å². The minimum absolute atomic E-state index is 0.0414. The fraction of sp³-hybridized carbons (Fsp3) is 0.478. The normalized spacial score (nSPS) is 17.8. The maximum atomic E-state index is 14.0. The lowest BCUT2D eigenvalue weighted by Crippen LogP contribution is -2.27. The van der Waals surface area contributed by atoms with Gasteiger partial charge in [0, 0.05) is 32.2 Å². The molecular formula is C23H26FN7O. The van der Waals surface area contributed by atoms with Gasteiger partial charge in [-0.25, -0.2) is 14.2 Å². The SMILES string of the molecule is Cn1c(=O)n(C2CCCCC2)c2nc(-n3cnc4ccc(F)cc43)nc(N3CCCC3)c21. The predicted octanol–water partition coefficient (Wildman–Crippen LogP) is 3.71. The van der Waals surface area contributed by atoms with Crippen LogP contribution in [0.4, 0.5) is 10.2 Å². The van der Waals surface area contributed by atoms with Gasteiger partial charge in [0.1, 0.15) is 17.7 Å². The van der Waals surface area contributed by atoms with Crippen LogP contribution in [0.2, 0.25) is 0 Å². The number of aromatic nitrogens is 6. The molecule has 2 aliphatic rings. The van der Waals surface area contributed by atoms with Crippen LogP contribution in [0.5, 0.6) is 0 Å². The second kappa shape index (κ2) is 7.43. The fourth-order valence-electron chi connectivity index (χ4n) is 5.30. The zero-order chi connectivity index (χ0) is 21.8. The molecule has 1 aromatic carbocycles. The average Bonchev–Trinajstić information content (AvgIpc) is 3.53. The monoisotopic (exact) mass is 435 g/mol. The molecule has 0 atom stereocenters. The van der Waals surface area contributed by atoms with E-state index >= 15 is 0 Å². The Bertz CT molecular complexity index is 1370. The Kier molecular flexibility index (Phi) is 4.51. The number of hydrogen-bond acceptors (Lipinski definition) is 5. The molecule has 4 heterocycles. The summed E-state index contributed by atoms with van der Waals surface area (Å²) in [6, 6.07) is 4.65. The van der Waals surface area contributed by atoms with Gasteiger partial charge in [-0.1, -0.05) is 19.3 Å². The standard InChI is InChI=1S/C23H26FN7O/c1-28-19-20(29-11-5-6-12-29)26-22(30-14-25-17-10-9-15(24)13-18(17)30)27-21(19)31(23(28)32)16-7-3-2-4-8-16/h9-10,13-14,16H,2-8,11-12H2,1H3. The summed E-state index contributed by atoms with van der Waals surface area (Å²) in [6.07, 6.45) is 9.24. The molecule has 0 spiro atoms. The van der Waals surface area contributed by atoms with Crippen LogP contribution < -0.4 is 10.6 Å². The van der Waals surface area contributed by atoms with Gasteiger partial charge in [-0.3, -0.25) is 13.7 Å². The number of imidazole rings is 2. The van der Waals surface area contributed by atoms with Crippen LogP contribution in [0.15, 0.2) is 29.3 Å². The van der Waals surface area contributed by atoms with Crippen molar-refractivity contribution in [3.8, 4) is 5.95 Å². The van der Waals surface area contributed by atoms with Gasteiger partial charge in [-0.15, -0.1) is 0 Å². The van der Waals surface area contributed by atoms with Crippen LogP contribution in [-0.2, 0) is 7.05 Å². The first kappa shape index (κ1) is 19.5. The minimum atomic E-state index is -0.334. The summed E-state index contributed by atoms with van der Waals surface area (Å²) in [5.74, 6) is 0.858. The van der Waals surface area contributed by atoms with E-state index in [0.29, 0.717) is 22.6 Å². The highest BCUT2D eigenvalue weighted by atomic mass is 19.1. The highest BCUT2D eigenvalue weighted by Gasteiger charge is 2.28. The highest BCUT2D eigenvalue weighted by molar-refractivity contribution is 5.86. The summed E-state index contributed by atoms with van der Waals surface area (Å²) in [4.78, 5) is 29.8. The van der Waals surface area contributed by atoms with Crippen molar-refractivity contribution >= 4 is 28.0 Å². The van der Waals surface area contributed by atoms with E-state index in [2.05, 4.69) is 9.88 Å². The van der Waals surface area contributed by atoms with Gasteiger partial charge in [-0.2, -0.15) is 9.97 Å². The summed E-state index contributed by atoms with van der Waals surface area (Å²) in [7, 11) is 1.81. The summed E-state index contributed by atoms with van der Waals surface area (Å²) in [5.41, 5.74) is 2.69. The smallest absolute Gasteiger partial charge is 0.330 e. The van der Waals surface area contributed by atoms with E-state index in [-0.39, 0.29) is 17.5 Å². The first-order chi connectivity index (χ1) is 15.6. The molecule has 0 radical (unpaired) electrons. The summed E-state index contributed by atoms with van der Waals surface area (Å²) >= 11 is 0. The van der Waals surface area contributed by atoms with E-state index < -0.39 is 0 Å². The van der Waals surface area contributed by atoms with Crippen molar-refractivity contribution in [2.24, 2.45) is 7.05 Å². The van der Waals surface area contributed by atoms with Crippen molar-refractivity contribution in [2.45, 2.75) is 51.0 Å². The minimum Gasteiger partial charge on any atom is -0.355 e. The fourth-order valence-corrected chi connectivity index (χ4v) is 5.30. The van der Waals surface area contributed by atoms with Gasteiger partial charge in [0.25, 0.3) is 0 Å². The molecule has 0 bridgehead atoms. The summed E-state index contributed by atoms with van der Waals surface area (Å²) < 4.78 is 19.3. The number of rotatable bonds is 3. The van der Waals surface area contributed by atoms with Crippen molar-refractivity contribution in [3.63, 3.8) is 0 Å². The van der Waals surface area contributed by atoms with Crippen molar-refractivity contribution in [1.82, 2.24) is 28.7 Å². The lowest BCUT2D eigenvalue weighted by molar-refractivity contribution is 0.350. The van der Waals surface area contributed by atoms with Gasteiger partial charge in [-0.05, 0) is 37.8 Å². The molecule has 1 saturated carbocycles. The van der Waals surface area contributed by atoms with Gasteiger partial charge >= 0.3 is 5.69 Å². The average molecular weight is 436 g/mol. The lowest BCUT2D eigenvalue weighted by Gasteiger charge is -2.23. The van der Waals surface area contributed by atoms with Crippen molar-refractivity contribution in [1.29, 1.82) is 0 Å². The second-order valence-corrected chi connectivity index (χ2v) is 8.96. The first-order valence-electron chi connectivity index (χ1n) is 11.5. The molecule has 9 heteroatoms. The number of nitrogens with zero attached hydrogens (tertiary/aromatic N) is 7. The van der Waals surface area contributed by atoms with E-state index in [1.165, 1.54) is 18.6 Å². The Labute approximate surface area is 184 Å². The van der Waals surface area contributed by atoms with Crippen LogP contribution in [-0.4, -0.2) is 41.7 Å². The lowest BCUT2D eigenvalue weighted by atomic mass is 9.95. The van der Waals surface area contributed by atoms with E-state index in [9.17, 15) is 9.18 Å². The van der Waals surface area contributed by atoms with Crippen LogP contribution in [0.25, 0.3) is 28.1 Å². The van der Waals surface area contributed by atoms with Crippen LogP contribution in [0.1, 0.15) is 51.0 Å². The molecule has 3 aromatic heterocycles. The van der Waals surface area contributed by atoms with E-state index in [0.717, 1.165) is 62.9 Å². The molecule has 166 valence electrons. The molecule has 1 saturated heterocycles. The van der Waals surface area contributed by atoms with Crippen LogP contribution >= 0.6 is 0 Å². The van der Waals surface area contributed by atoms with Crippen molar-refractivity contribution in [3.05, 3.63) is 40.8 Å². The van der Waals surface area contributed by atoms with E-state index in [4.69, 9.17) is 9.97 Å². The summed E-state index contributed by atoms with van der Waals surface area (Å²) in [5, 5.41) is 0. The molecule has 0 unspecified atom stereocenters. The Morgan fingerprint density at radius 2 is 1.81 bits per heavy atom. The second-order valence-electron chi connectivity index (χ2n) is 8.96. The number of anilines is 1. The quantitative estimate of drug-likeness (QED) is 0.490. The summed E-state index contributed by atoms with van der Waals surface area (Å²) in [6.45, 7) is 1.79. The maximum Gasteiger partial charge on any atom is 0.330 e. The number of aryl methyl sites for hydroxylation is 1. The zero-order valence-electron chi connectivity index (χ0n) is 18.2. The highest BCUT2D eigenvalue weighted by Crippen LogP contribution is 2.33. The number of halogens is 1. The van der Waals surface area contributed by atoms with Gasteiger partial charge in [0.2, 0.25) is 5.95 Å². The molecule has 1 aliphatic heterocycles. The molecule has 6 rings (SSSR count). The van der Waals surface area contributed by atoms with Gasteiger partial charge < -0.3 is 4.90 Å². The molecular weight excluding hydrogens is 409 g/mol. The van der Waals surface area contributed by atoms with Gasteiger partial charge in [0.15, 0.2) is 11.5 Å². The Hall–Kier alpha value is -3.23. The third kappa shape index (κ3) is 2.94. The third-order valence-corrected chi connectivity index (χ3v) is 6.96. The molecule has 8 nitrogen and oxygen atoms in total. The molecule has 0 N–H and O–H groups in total. The molecule has 0 amide bonds. The van der Waals surface area contributed by atoms with E-state index in [1.54, 1.807) is 21.5 Å². The number of fused-ring (bicyclic) bond motifs is 2. The molecule has 1 aliphatic carbocycles. The third-order valence-electron chi connectivity index (χ3n) is 6.96. The molecule has 4 aromatic rings. The first-order valence-corrected chi connectivity index (χ1v) is 11.5. The maximum absolute atomic E-state index is 14.0. The molecule has 2 fully saturated rings. The van der Waals surface area contributed by atoms with Crippen LogP contribution in [0, 0.1) is 5.82 Å². The topological polar surface area (TPSA) is 73.8 Å². The Balaban J connectivity index is 1.64. The van der Waals surface area contributed by atoms with E-state index in [1.807, 2.05) is 11.6 Å². The number of hydrogen-bond donors (Lipinski definition) is 0. The largest absolute Gasteiger partial charge is 0.355 e. The predicted molar refractivity (Wildman–Crippen MR) is 121 cm³/mol. The zero-order valence-corrected chi connectivity index (χ0v) is 18.2. The van der Waals surface area contributed by atoms with Crippen molar-refractivity contribution in [2.75, 3.05) is 18.0 Å². The molecule has 32 heavy (non-hydrogen) atoms. The van der Waals surface area contributed by atoms with Crippen LogP contribution in [0.3, 0.4) is 0 Å². The van der Waals surface area contributed by atoms with Gasteiger partial charge in [0.05, 0.1) is 11.0 Å².